The first-order chi connectivity index (χ1) is 9.81. The average molecular weight is 269 g/mol. The van der Waals surface area contributed by atoms with Gasteiger partial charge in [-0.25, -0.2) is 4.98 Å². The third kappa shape index (κ3) is 2.22. The lowest BCUT2D eigenvalue weighted by atomic mass is 9.87. The maximum Gasteiger partial charge on any atom is 0.205 e. The number of nitrogens with zero attached hydrogens (tertiary/aromatic N) is 2. The molecule has 0 aliphatic carbocycles. The van der Waals surface area contributed by atoms with Crippen LogP contribution in [0.15, 0.2) is 36.7 Å². The Bertz CT molecular complexity index is 618. The fourth-order valence-electron chi connectivity index (χ4n) is 2.85. The maximum atomic E-state index is 12.8. The smallest absolute Gasteiger partial charge is 0.205 e. The van der Waals surface area contributed by atoms with Gasteiger partial charge in [-0.05, 0) is 24.5 Å². The lowest BCUT2D eigenvalue weighted by Crippen LogP contribution is -2.25. The Morgan fingerprint density at radius 2 is 2.30 bits per heavy atom. The number of fused-ring (bicyclic) bond motifs is 1. The number of aryl methyl sites for hydroxylation is 1. The molecule has 2 aromatic rings. The summed E-state index contributed by atoms with van der Waals surface area (Å²) in [5, 5.41) is 3.35. The summed E-state index contributed by atoms with van der Waals surface area (Å²) in [5.41, 5.74) is 2.17. The molecule has 4 nitrogen and oxygen atoms in total. The van der Waals surface area contributed by atoms with Crippen LogP contribution in [0.3, 0.4) is 0 Å². The Hall–Kier alpha value is -2.10. The van der Waals surface area contributed by atoms with Crippen LogP contribution in [0.2, 0.25) is 0 Å². The third-order valence-electron chi connectivity index (χ3n) is 3.80. The fourth-order valence-corrected chi connectivity index (χ4v) is 2.85. The van der Waals surface area contributed by atoms with E-state index >= 15 is 0 Å². The van der Waals surface area contributed by atoms with E-state index in [0.717, 1.165) is 37.2 Å². The summed E-state index contributed by atoms with van der Waals surface area (Å²) >= 11 is 0. The largest absolute Gasteiger partial charge is 0.385 e. The number of ketones is 1. The number of benzene rings is 1. The molecule has 1 aromatic heterocycles. The van der Waals surface area contributed by atoms with Crippen LogP contribution >= 0.6 is 0 Å². The maximum absolute atomic E-state index is 12.8. The SMILES string of the molecule is CCCn1ccnc1C(=O)C1CCNc2ccccc21. The van der Waals surface area contributed by atoms with Crippen LogP contribution in [0.5, 0.6) is 0 Å². The van der Waals surface area contributed by atoms with E-state index in [1.54, 1.807) is 6.20 Å². The van der Waals surface area contributed by atoms with Gasteiger partial charge in [-0.1, -0.05) is 25.1 Å². The van der Waals surface area contributed by atoms with Crippen molar-refractivity contribution in [2.24, 2.45) is 0 Å². The first-order valence-corrected chi connectivity index (χ1v) is 7.19. The minimum absolute atomic E-state index is 0.0783. The average Bonchev–Trinajstić information content (AvgIpc) is 2.94. The van der Waals surface area contributed by atoms with E-state index in [1.807, 2.05) is 35.0 Å². The molecule has 1 aliphatic rings. The van der Waals surface area contributed by atoms with Gasteiger partial charge in [0.25, 0.3) is 0 Å². The molecule has 1 N–H and O–H groups in total. The highest BCUT2D eigenvalue weighted by molar-refractivity contribution is 5.99. The Kier molecular flexibility index (Phi) is 3.54. The number of aromatic nitrogens is 2. The van der Waals surface area contributed by atoms with Gasteiger partial charge in [0.1, 0.15) is 0 Å². The van der Waals surface area contributed by atoms with Crippen molar-refractivity contribution < 1.29 is 4.79 Å². The molecule has 104 valence electrons. The van der Waals surface area contributed by atoms with Crippen molar-refractivity contribution in [1.82, 2.24) is 9.55 Å². The molecule has 0 spiro atoms. The molecule has 1 unspecified atom stereocenters. The van der Waals surface area contributed by atoms with Crippen molar-refractivity contribution in [2.45, 2.75) is 32.2 Å². The Balaban J connectivity index is 1.94. The fraction of sp³-hybridized carbons (Fsp3) is 0.375. The molecule has 20 heavy (non-hydrogen) atoms. The van der Waals surface area contributed by atoms with E-state index in [2.05, 4.69) is 17.2 Å². The van der Waals surface area contributed by atoms with Gasteiger partial charge < -0.3 is 9.88 Å². The summed E-state index contributed by atoms with van der Waals surface area (Å²) < 4.78 is 1.97. The standard InChI is InChI=1S/C16H19N3O/c1-2-10-19-11-9-18-16(19)15(20)13-7-8-17-14-6-4-3-5-12(13)14/h3-6,9,11,13,17H,2,7-8,10H2,1H3. The quantitative estimate of drug-likeness (QED) is 0.868. The number of hydrogen-bond donors (Lipinski definition) is 1. The zero-order valence-corrected chi connectivity index (χ0v) is 11.7. The van der Waals surface area contributed by atoms with Gasteiger partial charge in [0.15, 0.2) is 5.82 Å². The van der Waals surface area contributed by atoms with Gasteiger partial charge in [0, 0.05) is 31.2 Å². The normalized spacial score (nSPS) is 17.4. The molecule has 2 heterocycles. The zero-order valence-electron chi connectivity index (χ0n) is 11.7. The molecule has 3 rings (SSSR count). The highest BCUT2D eigenvalue weighted by Crippen LogP contribution is 2.33. The zero-order chi connectivity index (χ0) is 13.9. The van der Waals surface area contributed by atoms with Gasteiger partial charge >= 0.3 is 0 Å². The summed E-state index contributed by atoms with van der Waals surface area (Å²) in [5.74, 6) is 0.649. The number of hydrogen-bond acceptors (Lipinski definition) is 3. The molecule has 4 heteroatoms. The second-order valence-corrected chi connectivity index (χ2v) is 5.16. The molecule has 0 saturated carbocycles. The number of carbonyl (C=O) groups excluding carboxylic acids is 1. The van der Waals surface area contributed by atoms with E-state index in [9.17, 15) is 4.79 Å². The molecular weight excluding hydrogens is 250 g/mol. The predicted octanol–water partition coefficient (Wildman–Crippen LogP) is 3.08. The molecule has 0 amide bonds. The van der Waals surface area contributed by atoms with Gasteiger partial charge in [0.05, 0.1) is 5.92 Å². The summed E-state index contributed by atoms with van der Waals surface area (Å²) in [6.45, 7) is 3.78. The van der Waals surface area contributed by atoms with Crippen molar-refractivity contribution in [1.29, 1.82) is 0 Å². The van der Waals surface area contributed by atoms with Crippen LogP contribution in [-0.4, -0.2) is 21.9 Å². The molecule has 0 fully saturated rings. The van der Waals surface area contributed by atoms with Gasteiger partial charge in [0.2, 0.25) is 5.78 Å². The number of imidazole rings is 1. The van der Waals surface area contributed by atoms with E-state index in [4.69, 9.17) is 0 Å². The summed E-state index contributed by atoms with van der Waals surface area (Å²) in [6, 6.07) is 8.06. The third-order valence-corrected chi connectivity index (χ3v) is 3.80. The number of rotatable bonds is 4. The van der Waals surface area contributed by atoms with Crippen LogP contribution in [0, 0.1) is 0 Å². The van der Waals surface area contributed by atoms with Gasteiger partial charge in [-0.3, -0.25) is 4.79 Å². The van der Waals surface area contributed by atoms with Gasteiger partial charge in [-0.15, -0.1) is 0 Å². The van der Waals surface area contributed by atoms with E-state index in [1.165, 1.54) is 0 Å². The lowest BCUT2D eigenvalue weighted by molar-refractivity contribution is 0.0940. The molecule has 0 saturated heterocycles. The van der Waals surface area contributed by atoms with Crippen LogP contribution < -0.4 is 5.32 Å². The molecular formula is C16H19N3O. The van der Waals surface area contributed by atoms with Crippen molar-refractivity contribution in [3.63, 3.8) is 0 Å². The van der Waals surface area contributed by atoms with Crippen LogP contribution in [0.1, 0.15) is 41.9 Å². The first-order valence-electron chi connectivity index (χ1n) is 7.19. The monoisotopic (exact) mass is 269 g/mol. The number of Topliss-reactive ketones (excluding diaryl/α,β-unsaturated/α-hetero) is 1. The summed E-state index contributed by atoms with van der Waals surface area (Å²) in [4.78, 5) is 17.1. The topological polar surface area (TPSA) is 46.9 Å². The van der Waals surface area contributed by atoms with Crippen molar-refractivity contribution >= 4 is 11.5 Å². The van der Waals surface area contributed by atoms with Crippen molar-refractivity contribution in [3.8, 4) is 0 Å². The highest BCUT2D eigenvalue weighted by Gasteiger charge is 2.29. The highest BCUT2D eigenvalue weighted by atomic mass is 16.1. The number of nitrogens with one attached hydrogen (secondary N) is 1. The number of carbonyl (C=O) groups is 1. The van der Waals surface area contributed by atoms with Crippen LogP contribution in [-0.2, 0) is 6.54 Å². The second-order valence-electron chi connectivity index (χ2n) is 5.16. The lowest BCUT2D eigenvalue weighted by Gasteiger charge is -2.25. The molecule has 1 aliphatic heterocycles. The minimum Gasteiger partial charge on any atom is -0.385 e. The molecule has 0 radical (unpaired) electrons. The summed E-state index contributed by atoms with van der Waals surface area (Å²) in [6.07, 6.45) is 5.44. The van der Waals surface area contributed by atoms with E-state index in [-0.39, 0.29) is 11.7 Å². The minimum atomic E-state index is -0.0783. The van der Waals surface area contributed by atoms with Crippen molar-refractivity contribution in [2.75, 3.05) is 11.9 Å². The second kappa shape index (κ2) is 5.49. The molecule has 0 bridgehead atoms. The Morgan fingerprint density at radius 3 is 3.15 bits per heavy atom. The van der Waals surface area contributed by atoms with Gasteiger partial charge in [-0.2, -0.15) is 0 Å². The molecule has 1 atom stereocenters. The number of para-hydroxylation sites is 1. The van der Waals surface area contributed by atoms with E-state index in [0.29, 0.717) is 5.82 Å². The summed E-state index contributed by atoms with van der Waals surface area (Å²) in [7, 11) is 0. The Morgan fingerprint density at radius 1 is 1.45 bits per heavy atom. The number of anilines is 1. The van der Waals surface area contributed by atoms with Crippen LogP contribution in [0.4, 0.5) is 5.69 Å². The Labute approximate surface area is 118 Å². The molecule has 1 aromatic carbocycles. The van der Waals surface area contributed by atoms with Crippen LogP contribution in [0.25, 0.3) is 0 Å². The van der Waals surface area contributed by atoms with Crippen molar-refractivity contribution in [3.05, 3.63) is 48.0 Å². The first kappa shape index (κ1) is 12.9. The van der Waals surface area contributed by atoms with E-state index < -0.39 is 0 Å². The predicted molar refractivity (Wildman–Crippen MR) is 79.1 cm³/mol.